The summed E-state index contributed by atoms with van der Waals surface area (Å²) in [5.74, 6) is -2.95. The first-order valence-electron chi connectivity index (χ1n) is 9.87. The zero-order valence-corrected chi connectivity index (χ0v) is 17.0. The van der Waals surface area contributed by atoms with Gasteiger partial charge in [-0.1, -0.05) is 6.42 Å². The first kappa shape index (κ1) is 24.8. The smallest absolute Gasteiger partial charge is 0.328 e. The number of nitrogens with two attached hydrogens (primary N) is 2. The Balaban J connectivity index is 2.66. The van der Waals surface area contributed by atoms with E-state index in [0.29, 0.717) is 32.4 Å². The van der Waals surface area contributed by atoms with Gasteiger partial charge in [-0.05, 0) is 46.1 Å². The van der Waals surface area contributed by atoms with Crippen molar-refractivity contribution < 1.29 is 29.4 Å². The number of hydrogen-bond acceptors (Lipinski definition) is 7. The average molecular weight is 415 g/mol. The first-order valence-corrected chi connectivity index (χ1v) is 9.87. The van der Waals surface area contributed by atoms with Gasteiger partial charge in [0.1, 0.15) is 12.1 Å². The van der Waals surface area contributed by atoms with Crippen LogP contribution in [0.2, 0.25) is 0 Å². The molecule has 1 aliphatic rings. The summed E-state index contributed by atoms with van der Waals surface area (Å²) in [6, 6.07) is -3.97. The molecule has 3 amide bonds. The number of aliphatic carboxylic acids is 1. The molecule has 29 heavy (non-hydrogen) atoms. The summed E-state index contributed by atoms with van der Waals surface area (Å²) in [5, 5.41) is 23.2. The zero-order chi connectivity index (χ0) is 22.1. The van der Waals surface area contributed by atoms with Crippen LogP contribution >= 0.6 is 0 Å². The van der Waals surface area contributed by atoms with E-state index in [1.54, 1.807) is 0 Å². The topological polar surface area (TPSA) is 188 Å². The van der Waals surface area contributed by atoms with E-state index in [0.717, 1.165) is 12.8 Å². The fraction of sp³-hybridized carbons (Fsp3) is 0.778. The SMILES string of the molecule is CC(NC(=O)C1CCCN1C(=O)C(N)CCCCN)C(=O)NC(C(=O)O)C(C)O. The second-order valence-electron chi connectivity index (χ2n) is 7.38. The fourth-order valence-corrected chi connectivity index (χ4v) is 3.19. The Labute approximate surface area is 170 Å². The summed E-state index contributed by atoms with van der Waals surface area (Å²) in [4.78, 5) is 49.9. The predicted molar refractivity (Wildman–Crippen MR) is 104 cm³/mol. The van der Waals surface area contributed by atoms with Gasteiger partial charge in [0.15, 0.2) is 6.04 Å². The average Bonchev–Trinajstić information content (AvgIpc) is 3.14. The molecule has 0 aromatic carbocycles. The number of carbonyl (C=O) groups excluding carboxylic acids is 3. The van der Waals surface area contributed by atoms with Crippen molar-refractivity contribution in [1.29, 1.82) is 0 Å². The molecule has 0 aliphatic carbocycles. The number of nitrogens with zero attached hydrogens (tertiary/aromatic N) is 1. The van der Waals surface area contributed by atoms with E-state index in [-0.39, 0.29) is 5.91 Å². The molecule has 8 N–H and O–H groups in total. The number of carbonyl (C=O) groups is 4. The number of nitrogens with one attached hydrogen (secondary N) is 2. The summed E-state index contributed by atoms with van der Waals surface area (Å²) < 4.78 is 0. The number of unbranched alkanes of at least 4 members (excludes halogenated alkanes) is 1. The number of hydrogen-bond donors (Lipinski definition) is 6. The number of carboxylic acid groups (broad SMARTS) is 1. The quantitative estimate of drug-likeness (QED) is 0.207. The molecule has 1 rings (SSSR count). The molecule has 11 heteroatoms. The van der Waals surface area contributed by atoms with Crippen LogP contribution in [-0.4, -0.2) is 82.2 Å². The largest absolute Gasteiger partial charge is 0.480 e. The van der Waals surface area contributed by atoms with E-state index in [9.17, 15) is 24.3 Å². The Hall–Kier alpha value is -2.24. The molecule has 0 aromatic rings. The van der Waals surface area contributed by atoms with Gasteiger partial charge >= 0.3 is 5.97 Å². The van der Waals surface area contributed by atoms with Crippen molar-refractivity contribution >= 4 is 23.7 Å². The molecule has 5 atom stereocenters. The van der Waals surface area contributed by atoms with Crippen LogP contribution < -0.4 is 22.1 Å². The van der Waals surface area contributed by atoms with Gasteiger partial charge in [-0.25, -0.2) is 4.79 Å². The lowest BCUT2D eigenvalue weighted by atomic mass is 10.1. The molecule has 5 unspecified atom stereocenters. The Morgan fingerprint density at radius 2 is 1.83 bits per heavy atom. The van der Waals surface area contributed by atoms with Crippen LogP contribution in [0.15, 0.2) is 0 Å². The van der Waals surface area contributed by atoms with Crippen molar-refractivity contribution in [1.82, 2.24) is 15.5 Å². The van der Waals surface area contributed by atoms with Crippen LogP contribution in [0.4, 0.5) is 0 Å². The molecule has 1 aliphatic heterocycles. The van der Waals surface area contributed by atoms with E-state index in [1.807, 2.05) is 0 Å². The van der Waals surface area contributed by atoms with Crippen LogP contribution in [0.25, 0.3) is 0 Å². The molecule has 1 fully saturated rings. The Bertz CT molecular complexity index is 599. The van der Waals surface area contributed by atoms with Gasteiger partial charge in [0, 0.05) is 6.54 Å². The zero-order valence-electron chi connectivity index (χ0n) is 17.0. The van der Waals surface area contributed by atoms with Crippen LogP contribution in [0.5, 0.6) is 0 Å². The number of carboxylic acids is 1. The first-order chi connectivity index (χ1) is 13.6. The van der Waals surface area contributed by atoms with Crippen molar-refractivity contribution in [2.45, 2.75) is 76.2 Å². The highest BCUT2D eigenvalue weighted by Gasteiger charge is 2.37. The molecule has 11 nitrogen and oxygen atoms in total. The molecule has 0 spiro atoms. The molecule has 1 saturated heterocycles. The third kappa shape index (κ3) is 7.26. The predicted octanol–water partition coefficient (Wildman–Crippen LogP) is -2.11. The highest BCUT2D eigenvalue weighted by molar-refractivity contribution is 5.94. The minimum Gasteiger partial charge on any atom is -0.480 e. The molecular weight excluding hydrogens is 382 g/mol. The van der Waals surface area contributed by atoms with Gasteiger partial charge in [-0.2, -0.15) is 0 Å². The third-order valence-electron chi connectivity index (χ3n) is 4.92. The maximum Gasteiger partial charge on any atom is 0.328 e. The van der Waals surface area contributed by atoms with E-state index in [1.165, 1.54) is 18.7 Å². The van der Waals surface area contributed by atoms with E-state index in [4.69, 9.17) is 16.6 Å². The van der Waals surface area contributed by atoms with Crippen molar-refractivity contribution in [2.75, 3.05) is 13.1 Å². The van der Waals surface area contributed by atoms with Crippen molar-refractivity contribution in [3.63, 3.8) is 0 Å². The lowest BCUT2D eigenvalue weighted by Gasteiger charge is -2.28. The molecule has 0 aromatic heterocycles. The maximum absolute atomic E-state index is 12.6. The van der Waals surface area contributed by atoms with Gasteiger partial charge in [0.2, 0.25) is 17.7 Å². The molecule has 166 valence electrons. The van der Waals surface area contributed by atoms with E-state index >= 15 is 0 Å². The molecule has 0 saturated carbocycles. The molecular formula is C18H33N5O6. The number of amides is 3. The van der Waals surface area contributed by atoms with E-state index in [2.05, 4.69) is 10.6 Å². The van der Waals surface area contributed by atoms with Crippen molar-refractivity contribution in [2.24, 2.45) is 11.5 Å². The summed E-state index contributed by atoms with van der Waals surface area (Å²) in [6.07, 6.45) is 1.76. The lowest BCUT2D eigenvalue weighted by Crippen LogP contribution is -2.57. The van der Waals surface area contributed by atoms with Crippen LogP contribution in [0.3, 0.4) is 0 Å². The lowest BCUT2D eigenvalue weighted by molar-refractivity contribution is -0.145. The normalized spacial score (nSPS) is 20.4. The highest BCUT2D eigenvalue weighted by Crippen LogP contribution is 2.19. The summed E-state index contributed by atoms with van der Waals surface area (Å²) in [5.41, 5.74) is 11.4. The molecule has 0 radical (unpaired) electrons. The minimum atomic E-state index is -1.49. The monoisotopic (exact) mass is 415 g/mol. The molecule has 1 heterocycles. The van der Waals surface area contributed by atoms with Crippen molar-refractivity contribution in [3.8, 4) is 0 Å². The summed E-state index contributed by atoms with van der Waals surface area (Å²) in [7, 11) is 0. The van der Waals surface area contributed by atoms with Gasteiger partial charge < -0.3 is 37.2 Å². The van der Waals surface area contributed by atoms with Crippen molar-refractivity contribution in [3.05, 3.63) is 0 Å². The maximum atomic E-state index is 12.6. The number of rotatable bonds is 11. The highest BCUT2D eigenvalue weighted by atomic mass is 16.4. The Morgan fingerprint density at radius 1 is 1.17 bits per heavy atom. The van der Waals surface area contributed by atoms with Crippen LogP contribution in [-0.2, 0) is 19.2 Å². The number of likely N-dealkylation sites (tertiary alicyclic amines) is 1. The Morgan fingerprint density at radius 3 is 2.38 bits per heavy atom. The van der Waals surface area contributed by atoms with Gasteiger partial charge in [-0.3, -0.25) is 14.4 Å². The minimum absolute atomic E-state index is 0.308. The fourth-order valence-electron chi connectivity index (χ4n) is 3.19. The standard InChI is InChI=1S/C18H33N5O6/c1-10(15(25)22-14(11(2)24)18(28)29)21-16(26)13-7-5-9-23(13)17(27)12(20)6-3-4-8-19/h10-14,24H,3-9,19-20H2,1-2H3,(H,21,26)(H,22,25)(H,28,29). The second-order valence-corrected chi connectivity index (χ2v) is 7.38. The Kier molecular flexibility index (Phi) is 9.99. The summed E-state index contributed by atoms with van der Waals surface area (Å²) >= 11 is 0. The molecule has 0 bridgehead atoms. The van der Waals surface area contributed by atoms with Crippen LogP contribution in [0, 0.1) is 0 Å². The number of aliphatic hydroxyl groups is 1. The number of aliphatic hydroxyl groups excluding tert-OH is 1. The van der Waals surface area contributed by atoms with Crippen LogP contribution in [0.1, 0.15) is 46.0 Å². The van der Waals surface area contributed by atoms with Gasteiger partial charge in [0.05, 0.1) is 12.1 Å². The second kappa shape index (κ2) is 11.7. The van der Waals surface area contributed by atoms with Gasteiger partial charge in [-0.15, -0.1) is 0 Å². The third-order valence-corrected chi connectivity index (χ3v) is 4.92. The summed E-state index contributed by atoms with van der Waals surface area (Å²) in [6.45, 7) is 3.56. The van der Waals surface area contributed by atoms with E-state index < -0.39 is 48.1 Å². The van der Waals surface area contributed by atoms with Gasteiger partial charge in [0.25, 0.3) is 0 Å².